The van der Waals surface area contributed by atoms with Crippen LogP contribution >= 0.6 is 0 Å². The molecule has 1 saturated heterocycles. The second-order valence-corrected chi connectivity index (χ2v) is 5.89. The van der Waals surface area contributed by atoms with Gasteiger partial charge in [0.25, 0.3) is 5.91 Å². The highest BCUT2D eigenvalue weighted by Crippen LogP contribution is 2.25. The van der Waals surface area contributed by atoms with Crippen molar-refractivity contribution in [2.24, 2.45) is 0 Å². The molecule has 1 fully saturated rings. The summed E-state index contributed by atoms with van der Waals surface area (Å²) in [4.78, 5) is 14.3. The number of carbonyl (C=O) groups is 1. The van der Waals surface area contributed by atoms with E-state index in [1.165, 1.54) is 24.3 Å². The molecule has 0 radical (unpaired) electrons. The minimum atomic E-state index is -4.48. The first-order valence-corrected chi connectivity index (χ1v) is 8.29. The number of halogens is 3. The maximum Gasteiger partial charge on any atom is 0.422 e. The van der Waals surface area contributed by atoms with Gasteiger partial charge in [0.05, 0.1) is 13.2 Å². The van der Waals surface area contributed by atoms with Gasteiger partial charge in [0.1, 0.15) is 23.2 Å². The normalized spacial score (nSPS) is 14.4. The van der Waals surface area contributed by atoms with Crippen molar-refractivity contribution < 1.29 is 27.4 Å². The summed E-state index contributed by atoms with van der Waals surface area (Å²) in [6.07, 6.45) is -4.48. The number of aromatic nitrogens is 2. The van der Waals surface area contributed by atoms with Crippen molar-refractivity contribution in [3.05, 3.63) is 35.4 Å². The van der Waals surface area contributed by atoms with Crippen LogP contribution < -0.4 is 15.0 Å². The van der Waals surface area contributed by atoms with Gasteiger partial charge in [-0.05, 0) is 18.2 Å². The molecule has 8 nitrogen and oxygen atoms in total. The summed E-state index contributed by atoms with van der Waals surface area (Å²) in [6, 6.07) is 7.33. The lowest BCUT2D eigenvalue weighted by atomic mass is 10.2. The van der Waals surface area contributed by atoms with Gasteiger partial charge in [0.15, 0.2) is 12.4 Å². The van der Waals surface area contributed by atoms with E-state index in [9.17, 15) is 23.2 Å². The Balaban J connectivity index is 1.73. The van der Waals surface area contributed by atoms with Gasteiger partial charge in [0, 0.05) is 18.7 Å². The zero-order chi connectivity index (χ0) is 20.1. The Morgan fingerprint density at radius 2 is 2.14 bits per heavy atom. The highest BCUT2D eigenvalue weighted by molar-refractivity contribution is 6.04. The van der Waals surface area contributed by atoms with Gasteiger partial charge in [0.2, 0.25) is 0 Å². The molecule has 2 N–H and O–H groups in total. The van der Waals surface area contributed by atoms with Gasteiger partial charge in [-0.15, -0.1) is 0 Å². The maximum atomic E-state index is 12.4. The van der Waals surface area contributed by atoms with Crippen molar-refractivity contribution in [2.45, 2.75) is 6.18 Å². The molecule has 0 spiro atoms. The van der Waals surface area contributed by atoms with Crippen molar-refractivity contribution in [1.82, 2.24) is 10.2 Å². The van der Waals surface area contributed by atoms with E-state index in [0.29, 0.717) is 32.1 Å². The fourth-order valence-electron chi connectivity index (χ4n) is 2.61. The van der Waals surface area contributed by atoms with Gasteiger partial charge < -0.3 is 19.7 Å². The van der Waals surface area contributed by atoms with Crippen LogP contribution in [0.3, 0.4) is 0 Å². The Hall–Kier alpha value is -3.26. The average molecular weight is 395 g/mol. The first kappa shape index (κ1) is 19.5. The molecule has 1 amide bonds. The number of aromatic amines is 1. The number of anilines is 2. The molecule has 11 heteroatoms. The number of carbonyl (C=O) groups excluding carboxylic acids is 1. The van der Waals surface area contributed by atoms with E-state index in [-0.39, 0.29) is 22.7 Å². The summed E-state index contributed by atoms with van der Waals surface area (Å²) in [5.41, 5.74) is 0.241. The van der Waals surface area contributed by atoms with Crippen molar-refractivity contribution in [3.63, 3.8) is 0 Å². The van der Waals surface area contributed by atoms with E-state index in [4.69, 9.17) is 4.74 Å². The quantitative estimate of drug-likeness (QED) is 0.805. The summed E-state index contributed by atoms with van der Waals surface area (Å²) in [7, 11) is 0. The lowest BCUT2D eigenvalue weighted by molar-refractivity contribution is -0.153. The molecule has 0 unspecified atom stereocenters. The molecule has 0 atom stereocenters. The zero-order valence-electron chi connectivity index (χ0n) is 14.5. The number of nitrogens with zero attached hydrogens (tertiary/aromatic N) is 3. The molecule has 2 heterocycles. The molecule has 2 aromatic rings. The van der Waals surface area contributed by atoms with E-state index >= 15 is 0 Å². The van der Waals surface area contributed by atoms with E-state index in [2.05, 4.69) is 20.3 Å². The zero-order valence-corrected chi connectivity index (χ0v) is 14.5. The van der Waals surface area contributed by atoms with Crippen LogP contribution in [0, 0.1) is 11.3 Å². The molecular formula is C17H16F3N5O3. The van der Waals surface area contributed by atoms with Gasteiger partial charge in [-0.3, -0.25) is 9.89 Å². The van der Waals surface area contributed by atoms with Crippen LogP contribution in [0.15, 0.2) is 24.3 Å². The monoisotopic (exact) mass is 395 g/mol. The van der Waals surface area contributed by atoms with Crippen molar-refractivity contribution >= 4 is 17.5 Å². The topological polar surface area (TPSA) is 103 Å². The van der Waals surface area contributed by atoms with Crippen LogP contribution in [-0.4, -0.2) is 55.2 Å². The van der Waals surface area contributed by atoms with Crippen LogP contribution in [0.5, 0.6) is 5.75 Å². The Morgan fingerprint density at radius 1 is 1.39 bits per heavy atom. The fraction of sp³-hybridized carbons (Fsp3) is 0.353. The average Bonchev–Trinajstić information content (AvgIpc) is 3.09. The highest BCUT2D eigenvalue weighted by atomic mass is 19.4. The van der Waals surface area contributed by atoms with Crippen LogP contribution in [-0.2, 0) is 4.74 Å². The number of hydrogen-bond acceptors (Lipinski definition) is 6. The number of amides is 1. The number of ether oxygens (including phenoxy) is 2. The standard InChI is InChI=1S/C17H16F3N5O3/c18-17(19,20)10-28-12-3-1-2-11(8-12)16(26)22-14-13(9-21)15(24-23-14)25-4-6-27-7-5-25/h1-3,8H,4-7,10H2,(H2,22,23,24,26). The number of nitrogens with one attached hydrogen (secondary N) is 2. The molecule has 28 heavy (non-hydrogen) atoms. The van der Waals surface area contributed by atoms with Crippen LogP contribution in [0.1, 0.15) is 15.9 Å². The van der Waals surface area contributed by atoms with Crippen molar-refractivity contribution in [2.75, 3.05) is 43.1 Å². The van der Waals surface area contributed by atoms with E-state index in [0.717, 1.165) is 0 Å². The minimum Gasteiger partial charge on any atom is -0.484 e. The number of alkyl halides is 3. The molecule has 0 saturated carbocycles. The third kappa shape index (κ3) is 4.72. The summed E-state index contributed by atoms with van der Waals surface area (Å²) in [5.74, 6) is -0.200. The van der Waals surface area contributed by atoms with Crippen LogP contribution in [0.25, 0.3) is 0 Å². The number of morpholine rings is 1. The predicted molar refractivity (Wildman–Crippen MR) is 92.3 cm³/mol. The largest absolute Gasteiger partial charge is 0.484 e. The number of rotatable bonds is 5. The third-order valence-electron chi connectivity index (χ3n) is 3.91. The van der Waals surface area contributed by atoms with Crippen LogP contribution in [0.2, 0.25) is 0 Å². The van der Waals surface area contributed by atoms with E-state index in [1.807, 2.05) is 11.0 Å². The highest BCUT2D eigenvalue weighted by Gasteiger charge is 2.28. The Labute approximate surface area is 157 Å². The van der Waals surface area contributed by atoms with Crippen molar-refractivity contribution in [1.29, 1.82) is 5.26 Å². The lowest BCUT2D eigenvalue weighted by Crippen LogP contribution is -2.36. The summed E-state index contributed by atoms with van der Waals surface area (Å²) in [5, 5.41) is 18.7. The number of hydrogen-bond donors (Lipinski definition) is 2. The second kappa shape index (κ2) is 8.18. The predicted octanol–water partition coefficient (Wildman–Crippen LogP) is 2.31. The van der Waals surface area contributed by atoms with Gasteiger partial charge in [-0.25, -0.2) is 0 Å². The SMILES string of the molecule is N#Cc1c(N2CCOCC2)n[nH]c1NC(=O)c1cccc(OCC(F)(F)F)c1. The number of benzene rings is 1. The molecule has 1 aromatic carbocycles. The Morgan fingerprint density at radius 3 is 2.82 bits per heavy atom. The molecule has 148 valence electrons. The molecule has 3 rings (SSSR count). The maximum absolute atomic E-state index is 12.4. The van der Waals surface area contributed by atoms with Gasteiger partial charge in [-0.1, -0.05) is 6.07 Å². The van der Waals surface area contributed by atoms with Gasteiger partial charge in [-0.2, -0.15) is 23.5 Å². The summed E-state index contributed by atoms with van der Waals surface area (Å²) < 4.78 is 46.7. The van der Waals surface area contributed by atoms with E-state index in [1.54, 1.807) is 0 Å². The molecule has 0 bridgehead atoms. The Bertz CT molecular complexity index is 885. The molecule has 1 aliphatic rings. The van der Waals surface area contributed by atoms with Gasteiger partial charge >= 0.3 is 6.18 Å². The molecule has 1 aliphatic heterocycles. The van der Waals surface area contributed by atoms with E-state index < -0.39 is 18.7 Å². The summed E-state index contributed by atoms with van der Waals surface area (Å²) in [6.45, 7) is 0.672. The Kier molecular flexibility index (Phi) is 5.70. The first-order valence-electron chi connectivity index (χ1n) is 8.29. The molecular weight excluding hydrogens is 379 g/mol. The smallest absolute Gasteiger partial charge is 0.422 e. The lowest BCUT2D eigenvalue weighted by Gasteiger charge is -2.26. The minimum absolute atomic E-state index is 0.0751. The summed E-state index contributed by atoms with van der Waals surface area (Å²) >= 11 is 0. The van der Waals surface area contributed by atoms with Crippen LogP contribution in [0.4, 0.5) is 24.8 Å². The molecule has 0 aliphatic carbocycles. The number of nitriles is 1. The fourth-order valence-corrected chi connectivity index (χ4v) is 2.61. The number of H-pyrrole nitrogens is 1. The first-order chi connectivity index (χ1) is 13.4. The molecule has 1 aromatic heterocycles. The van der Waals surface area contributed by atoms with Crippen molar-refractivity contribution in [3.8, 4) is 11.8 Å². The third-order valence-corrected chi connectivity index (χ3v) is 3.91. The second-order valence-electron chi connectivity index (χ2n) is 5.89.